The number of carbonyl (C=O) groups is 2. The maximum absolute atomic E-state index is 12.9. The fraction of sp³-hybridized carbons (Fsp3) is 0.778. The normalized spacial score (nSPS) is 29.9. The highest BCUT2D eigenvalue weighted by molar-refractivity contribution is 6.06. The first kappa shape index (κ1) is 20.1. The zero-order chi connectivity index (χ0) is 18.4. The van der Waals surface area contributed by atoms with Crippen molar-refractivity contribution in [3.05, 3.63) is 11.7 Å². The van der Waals surface area contributed by atoms with Gasteiger partial charge in [0, 0.05) is 0 Å². The molecule has 150 valence electrons. The van der Waals surface area contributed by atoms with E-state index in [2.05, 4.69) is 22.4 Å². The second kappa shape index (κ2) is 7.39. The Kier molecular flexibility index (Phi) is 5.49. The highest BCUT2D eigenvalue weighted by Crippen LogP contribution is 2.38. The van der Waals surface area contributed by atoms with Crippen LogP contribution in [0.3, 0.4) is 0 Å². The van der Waals surface area contributed by atoms with E-state index in [1.54, 1.807) is 0 Å². The molecule has 3 N–H and O–H groups in total. The van der Waals surface area contributed by atoms with Crippen LogP contribution >= 0.6 is 12.4 Å². The van der Waals surface area contributed by atoms with Crippen molar-refractivity contribution < 1.29 is 14.1 Å². The molecule has 0 aromatic carbocycles. The van der Waals surface area contributed by atoms with Gasteiger partial charge >= 0.3 is 6.03 Å². The van der Waals surface area contributed by atoms with E-state index >= 15 is 0 Å². The third-order valence-corrected chi connectivity index (χ3v) is 6.48. The van der Waals surface area contributed by atoms with Gasteiger partial charge in [-0.15, -0.1) is 12.4 Å². The molecular weight excluding hydrogens is 370 g/mol. The smallest absolute Gasteiger partial charge is 0.325 e. The maximum atomic E-state index is 12.9. The van der Waals surface area contributed by atoms with E-state index in [-0.39, 0.29) is 36.8 Å². The molecule has 2 saturated carbocycles. The van der Waals surface area contributed by atoms with Gasteiger partial charge in [0.05, 0.1) is 5.54 Å². The molecule has 1 aromatic heterocycles. The topological polar surface area (TPSA) is 114 Å². The van der Waals surface area contributed by atoms with E-state index in [1.807, 2.05) is 0 Å². The van der Waals surface area contributed by atoms with Crippen molar-refractivity contribution >= 4 is 24.3 Å². The summed E-state index contributed by atoms with van der Waals surface area (Å²) in [5.74, 6) is 1.22. The van der Waals surface area contributed by atoms with Crippen molar-refractivity contribution in [2.24, 2.45) is 11.7 Å². The van der Waals surface area contributed by atoms with Gasteiger partial charge in [0.25, 0.3) is 5.91 Å². The quantitative estimate of drug-likeness (QED) is 0.754. The van der Waals surface area contributed by atoms with Crippen LogP contribution < -0.4 is 11.1 Å². The Hall–Kier alpha value is -1.67. The van der Waals surface area contributed by atoms with E-state index < -0.39 is 11.1 Å². The molecule has 1 saturated heterocycles. The lowest BCUT2D eigenvalue weighted by atomic mass is 9.75. The summed E-state index contributed by atoms with van der Waals surface area (Å²) in [4.78, 5) is 31.0. The van der Waals surface area contributed by atoms with Gasteiger partial charge in [-0.1, -0.05) is 31.3 Å². The lowest BCUT2D eigenvalue weighted by Gasteiger charge is -2.34. The third kappa shape index (κ3) is 3.45. The van der Waals surface area contributed by atoms with Crippen LogP contribution in [0.4, 0.5) is 4.79 Å². The Morgan fingerprint density at radius 3 is 2.52 bits per heavy atom. The minimum absolute atomic E-state index is 0. The second-order valence-electron chi connectivity index (χ2n) is 8.13. The summed E-state index contributed by atoms with van der Waals surface area (Å²) >= 11 is 0. The zero-order valence-electron chi connectivity index (χ0n) is 15.7. The van der Waals surface area contributed by atoms with Crippen LogP contribution in [0.25, 0.3) is 0 Å². The summed E-state index contributed by atoms with van der Waals surface area (Å²) in [6.07, 6.45) is 8.22. The number of nitrogens with two attached hydrogens (primary N) is 1. The highest BCUT2D eigenvalue weighted by atomic mass is 35.5. The van der Waals surface area contributed by atoms with Crippen molar-refractivity contribution in [2.75, 3.05) is 0 Å². The number of rotatable bonds is 4. The van der Waals surface area contributed by atoms with E-state index in [9.17, 15) is 9.59 Å². The summed E-state index contributed by atoms with van der Waals surface area (Å²) in [6, 6.07) is -0.368. The van der Waals surface area contributed by atoms with Crippen LogP contribution in [0.2, 0.25) is 0 Å². The van der Waals surface area contributed by atoms with Gasteiger partial charge in [0.15, 0.2) is 5.82 Å². The summed E-state index contributed by atoms with van der Waals surface area (Å²) in [7, 11) is 0. The van der Waals surface area contributed by atoms with Gasteiger partial charge in [-0.05, 0) is 44.4 Å². The lowest BCUT2D eigenvalue weighted by molar-refractivity contribution is -0.133. The van der Waals surface area contributed by atoms with Gasteiger partial charge in [-0.2, -0.15) is 4.98 Å². The molecule has 2 heterocycles. The molecule has 0 bridgehead atoms. The summed E-state index contributed by atoms with van der Waals surface area (Å²) in [6.45, 7) is 2.18. The predicted molar refractivity (Wildman–Crippen MR) is 99.9 cm³/mol. The molecule has 3 amide bonds. The van der Waals surface area contributed by atoms with Crippen molar-refractivity contribution in [1.29, 1.82) is 0 Å². The number of aromatic nitrogens is 2. The summed E-state index contributed by atoms with van der Waals surface area (Å²) in [5, 5.41) is 6.93. The Labute approximate surface area is 165 Å². The summed E-state index contributed by atoms with van der Waals surface area (Å²) < 4.78 is 5.30. The van der Waals surface area contributed by atoms with Crippen molar-refractivity contribution in [3.8, 4) is 0 Å². The van der Waals surface area contributed by atoms with Gasteiger partial charge in [0.1, 0.15) is 12.1 Å². The van der Waals surface area contributed by atoms with Crippen molar-refractivity contribution in [1.82, 2.24) is 20.4 Å². The highest BCUT2D eigenvalue weighted by Gasteiger charge is 2.52. The molecule has 4 rings (SSSR count). The van der Waals surface area contributed by atoms with E-state index in [4.69, 9.17) is 10.3 Å². The Morgan fingerprint density at radius 1 is 1.22 bits per heavy atom. The number of hydrogen-bond donors (Lipinski definition) is 2. The molecule has 3 fully saturated rings. The number of nitrogens with zero attached hydrogens (tertiary/aromatic N) is 3. The van der Waals surface area contributed by atoms with Crippen LogP contribution in [0.5, 0.6) is 0 Å². The Balaban J connectivity index is 0.00000210. The molecule has 1 aromatic rings. The molecule has 1 spiro atoms. The fourth-order valence-corrected chi connectivity index (χ4v) is 4.62. The number of amides is 3. The molecule has 0 atom stereocenters. The van der Waals surface area contributed by atoms with Crippen LogP contribution in [0, 0.1) is 5.92 Å². The zero-order valence-corrected chi connectivity index (χ0v) is 16.5. The SMILES string of the molecule is CCC1CCC2(CC1)NC(=O)N(Cc1nc(C3(N)CCCC3)no1)C2=O.Cl. The van der Waals surface area contributed by atoms with Crippen LogP contribution in [0.1, 0.15) is 76.4 Å². The number of urea groups is 1. The number of carbonyl (C=O) groups excluding carboxylic acids is 2. The first-order valence-electron chi connectivity index (χ1n) is 9.72. The largest absolute Gasteiger partial charge is 0.337 e. The maximum Gasteiger partial charge on any atom is 0.325 e. The second-order valence-corrected chi connectivity index (χ2v) is 8.13. The first-order chi connectivity index (χ1) is 12.5. The monoisotopic (exact) mass is 397 g/mol. The molecule has 8 nitrogen and oxygen atoms in total. The molecule has 9 heteroatoms. The van der Waals surface area contributed by atoms with E-state index in [0.29, 0.717) is 24.6 Å². The first-order valence-corrected chi connectivity index (χ1v) is 9.72. The molecule has 0 radical (unpaired) electrons. The van der Waals surface area contributed by atoms with Gasteiger partial charge in [-0.3, -0.25) is 9.69 Å². The molecule has 27 heavy (non-hydrogen) atoms. The summed E-state index contributed by atoms with van der Waals surface area (Å²) in [5.41, 5.74) is 5.06. The number of halogens is 1. The standard InChI is InChI=1S/C18H27N5O3.ClH/c1-2-12-5-9-18(10-6-12)15(24)23(16(25)21-18)11-13-20-14(22-26-13)17(19)7-3-4-8-17;/h12H,2-11,19H2,1H3,(H,21,25);1H. The minimum Gasteiger partial charge on any atom is -0.337 e. The fourth-order valence-electron chi connectivity index (χ4n) is 4.62. The lowest BCUT2D eigenvalue weighted by Crippen LogP contribution is -2.49. The van der Waals surface area contributed by atoms with Crippen molar-refractivity contribution in [3.63, 3.8) is 0 Å². The predicted octanol–water partition coefficient (Wildman–Crippen LogP) is 2.61. The minimum atomic E-state index is -0.744. The van der Waals surface area contributed by atoms with Crippen LogP contribution in [-0.2, 0) is 16.9 Å². The molecule has 2 aliphatic carbocycles. The molecule has 1 aliphatic heterocycles. The molecule has 0 unspecified atom stereocenters. The average molecular weight is 398 g/mol. The van der Waals surface area contributed by atoms with Gasteiger partial charge in [0.2, 0.25) is 5.89 Å². The van der Waals surface area contributed by atoms with Crippen molar-refractivity contribution in [2.45, 2.75) is 82.3 Å². The van der Waals surface area contributed by atoms with Gasteiger partial charge < -0.3 is 15.6 Å². The molecular formula is C18H28ClN5O3. The molecule has 3 aliphatic rings. The van der Waals surface area contributed by atoms with E-state index in [0.717, 1.165) is 44.9 Å². The number of nitrogens with one attached hydrogen (secondary N) is 1. The Bertz CT molecular complexity index is 708. The third-order valence-electron chi connectivity index (χ3n) is 6.48. The Morgan fingerprint density at radius 2 is 1.89 bits per heavy atom. The van der Waals surface area contributed by atoms with E-state index in [1.165, 1.54) is 4.90 Å². The number of imide groups is 1. The average Bonchev–Trinajstić information content (AvgIpc) is 3.33. The van der Waals surface area contributed by atoms with Gasteiger partial charge in [-0.25, -0.2) is 4.79 Å². The van der Waals surface area contributed by atoms with Crippen LogP contribution in [0.15, 0.2) is 4.52 Å². The van der Waals surface area contributed by atoms with Crippen LogP contribution in [-0.4, -0.2) is 32.5 Å². The number of hydrogen-bond acceptors (Lipinski definition) is 6.